The van der Waals surface area contributed by atoms with E-state index < -0.39 is 11.9 Å². The number of aromatic nitrogens is 5. The molecule has 1 atom stereocenters. The van der Waals surface area contributed by atoms with E-state index in [1.165, 1.54) is 6.20 Å². The highest BCUT2D eigenvalue weighted by Crippen LogP contribution is 2.45. The third-order valence-corrected chi connectivity index (χ3v) is 6.47. The molecule has 0 unspecified atom stereocenters. The Kier molecular flexibility index (Phi) is 4.55. The fraction of sp³-hybridized carbons (Fsp3) is 0.391. The maximum Gasteiger partial charge on any atom is 0.431 e. The number of nitrogens with one attached hydrogen (secondary N) is 1. The normalized spacial score (nSPS) is 19.5. The number of pyridine rings is 2. The topological polar surface area (TPSA) is 96.6 Å². The molecule has 5 heterocycles. The minimum Gasteiger partial charge on any atom is -0.354 e. The van der Waals surface area contributed by atoms with Crippen molar-refractivity contribution in [3.05, 3.63) is 42.0 Å². The largest absolute Gasteiger partial charge is 0.431 e. The molecule has 7 nitrogen and oxygen atoms in total. The summed E-state index contributed by atoms with van der Waals surface area (Å²) in [5.74, 6) is 1.58. The summed E-state index contributed by atoms with van der Waals surface area (Å²) in [6.07, 6.45) is 4.69. The minimum atomic E-state index is -4.50. The summed E-state index contributed by atoms with van der Waals surface area (Å²) in [6.45, 7) is 1.49. The highest BCUT2D eigenvalue weighted by Gasteiger charge is 2.34. The van der Waals surface area contributed by atoms with Gasteiger partial charge in [0.15, 0.2) is 5.82 Å². The van der Waals surface area contributed by atoms with Crippen LogP contribution >= 0.6 is 0 Å². The summed E-state index contributed by atoms with van der Waals surface area (Å²) in [4.78, 5) is 22.7. The number of halogens is 3. The first-order valence-corrected chi connectivity index (χ1v) is 11.1. The zero-order chi connectivity index (χ0) is 22.7. The first kappa shape index (κ1) is 20.3. The van der Waals surface area contributed by atoms with Gasteiger partial charge in [0.25, 0.3) is 0 Å². The molecule has 0 spiro atoms. The quantitative estimate of drug-likeness (QED) is 0.478. The average Bonchev–Trinajstić information content (AvgIpc) is 3.54. The Morgan fingerprint density at radius 3 is 2.73 bits per heavy atom. The van der Waals surface area contributed by atoms with Crippen molar-refractivity contribution in [1.29, 1.82) is 0 Å². The molecule has 0 radical (unpaired) electrons. The summed E-state index contributed by atoms with van der Waals surface area (Å²) in [5, 5.41) is 1.30. The Bertz CT molecular complexity index is 1360. The maximum atomic E-state index is 13.3. The van der Waals surface area contributed by atoms with Crippen LogP contribution in [-0.2, 0) is 6.18 Å². The predicted octanol–water partition coefficient (Wildman–Crippen LogP) is 4.39. The smallest absolute Gasteiger partial charge is 0.354 e. The number of piperidine rings is 1. The zero-order valence-corrected chi connectivity index (χ0v) is 17.7. The second-order valence-corrected chi connectivity index (χ2v) is 8.92. The van der Waals surface area contributed by atoms with Crippen LogP contribution in [-0.4, -0.2) is 44.1 Å². The fourth-order valence-corrected chi connectivity index (χ4v) is 4.72. The number of alkyl halides is 3. The average molecular weight is 453 g/mol. The summed E-state index contributed by atoms with van der Waals surface area (Å²) < 4.78 is 40.0. The van der Waals surface area contributed by atoms with Gasteiger partial charge in [0.2, 0.25) is 0 Å². The molecule has 0 bridgehead atoms. The molecule has 6 rings (SSSR count). The van der Waals surface area contributed by atoms with Gasteiger partial charge in [-0.25, -0.2) is 15.0 Å². The zero-order valence-electron chi connectivity index (χ0n) is 17.7. The molecular weight excluding hydrogens is 431 g/mol. The van der Waals surface area contributed by atoms with E-state index in [4.69, 9.17) is 15.7 Å². The van der Waals surface area contributed by atoms with Crippen molar-refractivity contribution in [2.75, 3.05) is 18.0 Å². The Morgan fingerprint density at radius 1 is 1.12 bits per heavy atom. The molecule has 10 heteroatoms. The lowest BCUT2D eigenvalue weighted by molar-refractivity contribution is -0.140. The van der Waals surface area contributed by atoms with Crippen LogP contribution in [0.25, 0.3) is 33.3 Å². The van der Waals surface area contributed by atoms with Crippen molar-refractivity contribution in [2.45, 2.75) is 43.8 Å². The summed E-state index contributed by atoms with van der Waals surface area (Å²) in [5.41, 5.74) is 7.88. The second kappa shape index (κ2) is 7.38. The maximum absolute atomic E-state index is 13.3. The Balaban J connectivity index is 1.58. The monoisotopic (exact) mass is 453 g/mol. The van der Waals surface area contributed by atoms with Crippen LogP contribution in [0.2, 0.25) is 0 Å². The fourth-order valence-electron chi connectivity index (χ4n) is 4.72. The van der Waals surface area contributed by atoms with E-state index in [-0.39, 0.29) is 11.7 Å². The number of hydrogen-bond donors (Lipinski definition) is 2. The Morgan fingerprint density at radius 2 is 1.97 bits per heavy atom. The number of nitrogens with zero attached hydrogens (tertiary/aromatic N) is 5. The molecule has 0 aromatic carbocycles. The van der Waals surface area contributed by atoms with Crippen LogP contribution < -0.4 is 10.6 Å². The molecule has 2 aliphatic rings. The molecule has 1 saturated carbocycles. The van der Waals surface area contributed by atoms with Crippen molar-refractivity contribution >= 4 is 27.8 Å². The molecule has 2 fully saturated rings. The summed E-state index contributed by atoms with van der Waals surface area (Å²) >= 11 is 0. The lowest BCUT2D eigenvalue weighted by Crippen LogP contribution is -2.43. The van der Waals surface area contributed by atoms with Crippen molar-refractivity contribution in [3.63, 3.8) is 0 Å². The molecule has 33 heavy (non-hydrogen) atoms. The van der Waals surface area contributed by atoms with Crippen LogP contribution in [0.1, 0.15) is 42.9 Å². The predicted molar refractivity (Wildman–Crippen MR) is 119 cm³/mol. The molecule has 1 aliphatic heterocycles. The molecule has 1 saturated heterocycles. The van der Waals surface area contributed by atoms with Crippen molar-refractivity contribution < 1.29 is 13.2 Å². The van der Waals surface area contributed by atoms with E-state index in [1.807, 2.05) is 6.20 Å². The molecule has 1 aliphatic carbocycles. The first-order valence-electron chi connectivity index (χ1n) is 11.1. The van der Waals surface area contributed by atoms with Gasteiger partial charge in [-0.15, -0.1) is 0 Å². The number of hydrogen-bond acceptors (Lipinski definition) is 6. The number of anilines is 1. The van der Waals surface area contributed by atoms with E-state index in [0.29, 0.717) is 34.8 Å². The molecule has 3 N–H and O–H groups in total. The SMILES string of the molecule is N[C@H]1CCCN(c2nc(-c3ccnc4[nH]c(C(F)(F)F)cc34)nc3cncc(C4CC4)c23)C1. The van der Waals surface area contributed by atoms with Gasteiger partial charge in [-0.2, -0.15) is 13.2 Å². The van der Waals surface area contributed by atoms with E-state index in [0.717, 1.165) is 55.1 Å². The lowest BCUT2D eigenvalue weighted by atomic mass is 10.0. The van der Waals surface area contributed by atoms with Gasteiger partial charge < -0.3 is 15.6 Å². The number of fused-ring (bicyclic) bond motifs is 2. The van der Waals surface area contributed by atoms with Crippen molar-refractivity contribution in [3.8, 4) is 11.4 Å². The third-order valence-electron chi connectivity index (χ3n) is 6.47. The van der Waals surface area contributed by atoms with E-state index in [1.54, 1.807) is 12.3 Å². The molecule has 170 valence electrons. The molecule has 4 aromatic rings. The van der Waals surface area contributed by atoms with Crippen LogP contribution in [0.3, 0.4) is 0 Å². The second-order valence-electron chi connectivity index (χ2n) is 8.92. The third kappa shape index (κ3) is 3.58. The van der Waals surface area contributed by atoms with Gasteiger partial charge in [0.1, 0.15) is 17.2 Å². The Hall–Kier alpha value is -3.27. The minimum absolute atomic E-state index is 0.0464. The molecular formula is C23H22F3N7. The van der Waals surface area contributed by atoms with E-state index in [2.05, 4.69) is 19.9 Å². The first-order chi connectivity index (χ1) is 15.9. The van der Waals surface area contributed by atoms with Gasteiger partial charge in [-0.3, -0.25) is 4.98 Å². The summed E-state index contributed by atoms with van der Waals surface area (Å²) in [6, 6.07) is 2.77. The van der Waals surface area contributed by atoms with Crippen LogP contribution in [0.4, 0.5) is 19.0 Å². The van der Waals surface area contributed by atoms with E-state index in [9.17, 15) is 13.2 Å². The van der Waals surface area contributed by atoms with Crippen LogP contribution in [0.5, 0.6) is 0 Å². The lowest BCUT2D eigenvalue weighted by Gasteiger charge is -2.33. The van der Waals surface area contributed by atoms with Crippen LogP contribution in [0.15, 0.2) is 30.7 Å². The number of aromatic amines is 1. The van der Waals surface area contributed by atoms with E-state index >= 15 is 0 Å². The number of nitrogens with two attached hydrogens (primary N) is 1. The standard InChI is InChI=1S/C23H22F3N7/c24-23(25,26)18-8-15-14(5-6-29-20(15)31-18)21-30-17-10-28-9-16(12-3-4-12)19(17)22(32-21)33-7-1-2-13(27)11-33/h5-6,8-10,12-13H,1-4,7,11,27H2,(H,29,31)/t13-/m0/s1. The van der Waals surface area contributed by atoms with Gasteiger partial charge >= 0.3 is 6.18 Å². The number of H-pyrrole nitrogens is 1. The van der Waals surface area contributed by atoms with Gasteiger partial charge in [-0.1, -0.05) is 0 Å². The van der Waals surface area contributed by atoms with Crippen molar-refractivity contribution in [1.82, 2.24) is 24.9 Å². The molecule has 0 amide bonds. The van der Waals surface area contributed by atoms with Gasteiger partial charge in [0.05, 0.1) is 11.7 Å². The van der Waals surface area contributed by atoms with Crippen molar-refractivity contribution in [2.24, 2.45) is 5.73 Å². The van der Waals surface area contributed by atoms with Gasteiger partial charge in [0, 0.05) is 47.9 Å². The highest BCUT2D eigenvalue weighted by atomic mass is 19.4. The molecule has 4 aromatic heterocycles. The Labute approximate surface area is 187 Å². The number of rotatable bonds is 3. The van der Waals surface area contributed by atoms with Crippen LogP contribution in [0, 0.1) is 0 Å². The highest BCUT2D eigenvalue weighted by molar-refractivity contribution is 5.97. The summed E-state index contributed by atoms with van der Waals surface area (Å²) in [7, 11) is 0. The van der Waals surface area contributed by atoms with Gasteiger partial charge in [-0.05, 0) is 49.3 Å².